The van der Waals surface area contributed by atoms with Gasteiger partial charge < -0.3 is 10.2 Å². The fourth-order valence-electron chi connectivity index (χ4n) is 2.88. The molecule has 2 aromatic carbocycles. The topological polar surface area (TPSA) is 49.4 Å². The number of nitrogens with zero attached hydrogens (tertiary/aromatic N) is 1. The van der Waals surface area contributed by atoms with Gasteiger partial charge in [-0.25, -0.2) is 0 Å². The second kappa shape index (κ2) is 11.5. The van der Waals surface area contributed by atoms with Crippen LogP contribution in [0.25, 0.3) is 0 Å². The number of rotatable bonds is 8. The summed E-state index contributed by atoms with van der Waals surface area (Å²) in [5.74, 6) is 0.333. The van der Waals surface area contributed by atoms with Crippen molar-refractivity contribution in [1.29, 1.82) is 0 Å². The molecule has 168 valence electrons. The van der Waals surface area contributed by atoms with E-state index in [2.05, 4.69) is 5.32 Å². The largest absolute Gasteiger partial charge is 0.350 e. The zero-order chi connectivity index (χ0) is 23.2. The van der Waals surface area contributed by atoms with Gasteiger partial charge in [-0.1, -0.05) is 53.0 Å². The van der Waals surface area contributed by atoms with E-state index in [4.69, 9.17) is 34.8 Å². The Labute approximate surface area is 203 Å². The first kappa shape index (κ1) is 25.9. The summed E-state index contributed by atoms with van der Waals surface area (Å²) in [5, 5.41) is 4.67. The molecule has 4 nitrogen and oxygen atoms in total. The van der Waals surface area contributed by atoms with Gasteiger partial charge in [-0.3, -0.25) is 9.59 Å². The minimum atomic E-state index is -0.643. The van der Waals surface area contributed by atoms with Crippen LogP contribution < -0.4 is 5.32 Å². The molecule has 31 heavy (non-hydrogen) atoms. The van der Waals surface area contributed by atoms with E-state index in [1.54, 1.807) is 42.2 Å². The first-order chi connectivity index (χ1) is 14.5. The molecule has 0 spiro atoms. The highest BCUT2D eigenvalue weighted by molar-refractivity contribution is 7.99. The third-order valence-corrected chi connectivity index (χ3v) is 6.33. The number of carbonyl (C=O) groups excluding carboxylic acids is 2. The van der Waals surface area contributed by atoms with Crippen LogP contribution in [0, 0.1) is 0 Å². The van der Waals surface area contributed by atoms with Crippen molar-refractivity contribution in [1.82, 2.24) is 10.2 Å². The van der Waals surface area contributed by atoms with Gasteiger partial charge in [-0.05, 0) is 63.1 Å². The molecule has 0 aromatic heterocycles. The van der Waals surface area contributed by atoms with E-state index >= 15 is 0 Å². The van der Waals surface area contributed by atoms with Crippen molar-refractivity contribution in [2.24, 2.45) is 0 Å². The molecule has 8 heteroatoms. The van der Waals surface area contributed by atoms with E-state index in [1.807, 2.05) is 32.9 Å². The molecule has 0 heterocycles. The quantitative estimate of drug-likeness (QED) is 0.468. The SMILES string of the molecule is CC(C(=O)NC(C)(C)C)N(Cc1cccc(Cl)c1)C(=O)CSCc1c(Cl)cccc1Cl. The maximum Gasteiger partial charge on any atom is 0.242 e. The molecule has 0 fully saturated rings. The molecule has 0 bridgehead atoms. The smallest absolute Gasteiger partial charge is 0.242 e. The number of halogens is 3. The van der Waals surface area contributed by atoms with Crippen LogP contribution in [0.4, 0.5) is 0 Å². The van der Waals surface area contributed by atoms with Crippen LogP contribution in [0.3, 0.4) is 0 Å². The van der Waals surface area contributed by atoms with E-state index in [0.717, 1.165) is 11.1 Å². The van der Waals surface area contributed by atoms with E-state index in [1.165, 1.54) is 11.8 Å². The lowest BCUT2D eigenvalue weighted by Gasteiger charge is -2.31. The van der Waals surface area contributed by atoms with Crippen molar-refractivity contribution in [2.75, 3.05) is 5.75 Å². The van der Waals surface area contributed by atoms with Gasteiger partial charge >= 0.3 is 0 Å². The Bertz CT molecular complexity index is 911. The Balaban J connectivity index is 2.14. The Morgan fingerprint density at radius 2 is 1.68 bits per heavy atom. The van der Waals surface area contributed by atoms with Crippen LogP contribution in [-0.2, 0) is 21.9 Å². The number of thioether (sulfide) groups is 1. The van der Waals surface area contributed by atoms with Gasteiger partial charge in [-0.15, -0.1) is 11.8 Å². The van der Waals surface area contributed by atoms with Gasteiger partial charge in [0.1, 0.15) is 6.04 Å². The number of hydrogen-bond donors (Lipinski definition) is 1. The predicted molar refractivity (Wildman–Crippen MR) is 132 cm³/mol. The Kier molecular flexibility index (Phi) is 9.56. The van der Waals surface area contributed by atoms with Gasteiger partial charge in [0.15, 0.2) is 0 Å². The molecule has 1 atom stereocenters. The molecular formula is C23H27Cl3N2O2S. The van der Waals surface area contributed by atoms with Gasteiger partial charge in [0, 0.05) is 32.9 Å². The highest BCUT2D eigenvalue weighted by Gasteiger charge is 2.28. The summed E-state index contributed by atoms with van der Waals surface area (Å²) in [7, 11) is 0. The van der Waals surface area contributed by atoms with Crippen LogP contribution in [-0.4, -0.2) is 34.0 Å². The normalized spacial score (nSPS) is 12.4. The summed E-state index contributed by atoms with van der Waals surface area (Å²) in [4.78, 5) is 27.5. The minimum Gasteiger partial charge on any atom is -0.350 e. The van der Waals surface area contributed by atoms with E-state index in [-0.39, 0.29) is 24.1 Å². The van der Waals surface area contributed by atoms with Crippen LogP contribution in [0.15, 0.2) is 42.5 Å². The lowest BCUT2D eigenvalue weighted by atomic mass is 10.1. The molecule has 1 unspecified atom stereocenters. The summed E-state index contributed by atoms with van der Waals surface area (Å²) in [6.45, 7) is 7.74. The monoisotopic (exact) mass is 500 g/mol. The van der Waals surface area contributed by atoms with Crippen LogP contribution >= 0.6 is 46.6 Å². The summed E-state index contributed by atoms with van der Waals surface area (Å²) >= 11 is 20.0. The molecule has 0 aliphatic heterocycles. The van der Waals surface area contributed by atoms with Crippen molar-refractivity contribution in [3.63, 3.8) is 0 Å². The van der Waals surface area contributed by atoms with Gasteiger partial charge in [0.2, 0.25) is 11.8 Å². The maximum atomic E-state index is 13.1. The first-order valence-electron chi connectivity index (χ1n) is 9.84. The molecule has 0 aliphatic carbocycles. The Hall–Kier alpha value is -1.40. The van der Waals surface area contributed by atoms with Crippen molar-refractivity contribution >= 4 is 58.4 Å². The number of carbonyl (C=O) groups is 2. The number of hydrogen-bond acceptors (Lipinski definition) is 3. The first-order valence-corrected chi connectivity index (χ1v) is 12.1. The number of nitrogens with one attached hydrogen (secondary N) is 1. The molecule has 0 saturated carbocycles. The van der Waals surface area contributed by atoms with Gasteiger partial charge in [0.25, 0.3) is 0 Å². The second-order valence-electron chi connectivity index (χ2n) is 8.26. The summed E-state index contributed by atoms with van der Waals surface area (Å²) < 4.78 is 0. The molecule has 2 aromatic rings. The average Bonchev–Trinajstić information content (AvgIpc) is 2.66. The van der Waals surface area contributed by atoms with Crippen molar-refractivity contribution < 1.29 is 9.59 Å². The third kappa shape index (κ3) is 8.23. The highest BCUT2D eigenvalue weighted by atomic mass is 35.5. The Morgan fingerprint density at radius 1 is 1.06 bits per heavy atom. The summed E-state index contributed by atoms with van der Waals surface area (Å²) in [5.41, 5.74) is 1.25. The van der Waals surface area contributed by atoms with Crippen molar-refractivity contribution in [2.45, 2.75) is 51.6 Å². The fourth-order valence-corrected chi connectivity index (χ4v) is 4.74. The van der Waals surface area contributed by atoms with Crippen LogP contribution in [0.5, 0.6) is 0 Å². The third-order valence-electron chi connectivity index (χ3n) is 4.44. The fraction of sp³-hybridized carbons (Fsp3) is 0.391. The zero-order valence-corrected chi connectivity index (χ0v) is 21.1. The maximum absolute atomic E-state index is 13.1. The summed E-state index contributed by atoms with van der Waals surface area (Å²) in [6.07, 6.45) is 0. The molecular weight excluding hydrogens is 475 g/mol. The standard InChI is InChI=1S/C23H27Cl3N2O2S/c1-15(22(30)27-23(2,3)4)28(12-16-7-5-8-17(24)11-16)21(29)14-31-13-18-19(25)9-6-10-20(18)26/h5-11,15H,12-14H2,1-4H3,(H,27,30). The molecule has 2 rings (SSSR count). The zero-order valence-electron chi connectivity index (χ0n) is 18.0. The van der Waals surface area contributed by atoms with Gasteiger partial charge in [0.05, 0.1) is 5.75 Å². The van der Waals surface area contributed by atoms with Gasteiger partial charge in [-0.2, -0.15) is 0 Å². The van der Waals surface area contributed by atoms with E-state index in [9.17, 15) is 9.59 Å². The highest BCUT2D eigenvalue weighted by Crippen LogP contribution is 2.28. The average molecular weight is 502 g/mol. The van der Waals surface area contributed by atoms with Crippen LogP contribution in [0.1, 0.15) is 38.8 Å². The van der Waals surface area contributed by atoms with E-state index < -0.39 is 11.6 Å². The molecule has 0 aliphatic rings. The molecule has 2 amide bonds. The van der Waals surface area contributed by atoms with E-state index in [0.29, 0.717) is 20.8 Å². The second-order valence-corrected chi connectivity index (χ2v) is 10.5. The number of amides is 2. The molecule has 0 radical (unpaired) electrons. The van der Waals surface area contributed by atoms with Crippen LogP contribution in [0.2, 0.25) is 15.1 Å². The van der Waals surface area contributed by atoms with Crippen molar-refractivity contribution in [3.8, 4) is 0 Å². The predicted octanol–water partition coefficient (Wildman–Crippen LogP) is 6.21. The lowest BCUT2D eigenvalue weighted by Crippen LogP contribution is -2.52. The molecule has 1 N–H and O–H groups in total. The van der Waals surface area contributed by atoms with Crippen molar-refractivity contribution in [3.05, 3.63) is 68.7 Å². The molecule has 0 saturated heterocycles. The summed E-state index contributed by atoms with van der Waals surface area (Å²) in [6, 6.07) is 12.0. The minimum absolute atomic E-state index is 0.148. The number of benzene rings is 2. The Morgan fingerprint density at radius 3 is 2.26 bits per heavy atom. The lowest BCUT2D eigenvalue weighted by molar-refractivity contribution is -0.139.